The Balaban J connectivity index is 1.96. The van der Waals surface area contributed by atoms with Crippen LogP contribution in [0.1, 0.15) is 36.6 Å². The molecule has 24 heavy (non-hydrogen) atoms. The third-order valence-electron chi connectivity index (χ3n) is 4.30. The smallest absolute Gasteiger partial charge is 0.161 e. The van der Waals surface area contributed by atoms with Crippen LogP contribution in [0.25, 0.3) is 0 Å². The van der Waals surface area contributed by atoms with Crippen LogP contribution in [0.3, 0.4) is 0 Å². The molecule has 2 aromatic rings. The monoisotopic (exact) mass is 327 g/mol. The summed E-state index contributed by atoms with van der Waals surface area (Å²) in [7, 11) is 1.69. The molecule has 0 fully saturated rings. The van der Waals surface area contributed by atoms with Gasteiger partial charge in [0.2, 0.25) is 0 Å². The first-order valence-corrected chi connectivity index (χ1v) is 8.56. The molecule has 0 radical (unpaired) electrons. The van der Waals surface area contributed by atoms with E-state index in [-0.39, 0.29) is 6.04 Å². The quantitative estimate of drug-likeness (QED) is 0.877. The third kappa shape index (κ3) is 3.34. The number of ether oxygens (including phenoxy) is 3. The Morgan fingerprint density at radius 3 is 2.42 bits per heavy atom. The van der Waals surface area contributed by atoms with Gasteiger partial charge in [0.05, 0.1) is 26.4 Å². The summed E-state index contributed by atoms with van der Waals surface area (Å²) in [6.07, 6.45) is 0.992. The van der Waals surface area contributed by atoms with Gasteiger partial charge in [-0.15, -0.1) is 0 Å². The summed E-state index contributed by atoms with van der Waals surface area (Å²) in [6.45, 7) is 6.23. The van der Waals surface area contributed by atoms with Gasteiger partial charge in [-0.05, 0) is 61.2 Å². The average molecular weight is 327 g/mol. The van der Waals surface area contributed by atoms with Crippen molar-refractivity contribution in [1.82, 2.24) is 5.32 Å². The highest BCUT2D eigenvalue weighted by Gasteiger charge is 2.24. The van der Waals surface area contributed by atoms with E-state index in [9.17, 15) is 0 Å². The van der Waals surface area contributed by atoms with Crippen molar-refractivity contribution in [2.75, 3.05) is 26.9 Å². The minimum Gasteiger partial charge on any atom is -0.494 e. The topological polar surface area (TPSA) is 39.7 Å². The maximum atomic E-state index is 5.76. The van der Waals surface area contributed by atoms with E-state index in [1.807, 2.05) is 26.0 Å². The van der Waals surface area contributed by atoms with Gasteiger partial charge in [-0.1, -0.05) is 12.1 Å². The standard InChI is InChI=1S/C20H25NO3/c1-4-23-16-8-6-14(7-9-16)20-17-13-19(24-5-2)18(22-3)12-15(17)10-11-21-20/h6-9,12-13,20-21H,4-5,10-11H2,1-3H3. The summed E-state index contributed by atoms with van der Waals surface area (Å²) in [4.78, 5) is 0. The first kappa shape index (κ1) is 16.7. The number of methoxy groups -OCH3 is 1. The number of fused-ring (bicyclic) bond motifs is 1. The molecule has 0 aromatic heterocycles. The summed E-state index contributed by atoms with van der Waals surface area (Å²) in [5, 5.41) is 3.61. The van der Waals surface area contributed by atoms with Gasteiger partial charge in [-0.25, -0.2) is 0 Å². The highest BCUT2D eigenvalue weighted by molar-refractivity contribution is 5.51. The van der Waals surface area contributed by atoms with Crippen LogP contribution < -0.4 is 19.5 Å². The van der Waals surface area contributed by atoms with Crippen LogP contribution in [-0.4, -0.2) is 26.9 Å². The Morgan fingerprint density at radius 1 is 1.00 bits per heavy atom. The van der Waals surface area contributed by atoms with Crippen molar-refractivity contribution in [2.45, 2.75) is 26.3 Å². The van der Waals surface area contributed by atoms with E-state index < -0.39 is 0 Å². The molecule has 1 heterocycles. The molecular formula is C20H25NO3. The lowest BCUT2D eigenvalue weighted by molar-refractivity contribution is 0.309. The van der Waals surface area contributed by atoms with Gasteiger partial charge >= 0.3 is 0 Å². The molecule has 4 heteroatoms. The van der Waals surface area contributed by atoms with Crippen LogP contribution in [-0.2, 0) is 6.42 Å². The van der Waals surface area contributed by atoms with Gasteiger partial charge in [0, 0.05) is 6.54 Å². The molecule has 1 aliphatic rings. The van der Waals surface area contributed by atoms with Crippen molar-refractivity contribution in [2.24, 2.45) is 0 Å². The van der Waals surface area contributed by atoms with Crippen LogP contribution in [0.2, 0.25) is 0 Å². The Hall–Kier alpha value is -2.20. The van der Waals surface area contributed by atoms with Gasteiger partial charge in [0.1, 0.15) is 5.75 Å². The summed E-state index contributed by atoms with van der Waals surface area (Å²) in [6, 6.07) is 12.7. The molecule has 1 N–H and O–H groups in total. The zero-order valence-corrected chi connectivity index (χ0v) is 14.6. The number of hydrogen-bond acceptors (Lipinski definition) is 4. The summed E-state index contributed by atoms with van der Waals surface area (Å²) in [5.41, 5.74) is 3.80. The van der Waals surface area contributed by atoms with E-state index >= 15 is 0 Å². The molecular weight excluding hydrogens is 302 g/mol. The Kier molecular flexibility index (Phi) is 5.26. The van der Waals surface area contributed by atoms with Crippen LogP contribution in [0.4, 0.5) is 0 Å². The minimum absolute atomic E-state index is 0.162. The molecule has 0 bridgehead atoms. The molecule has 128 valence electrons. The van der Waals surface area contributed by atoms with E-state index in [0.29, 0.717) is 13.2 Å². The number of nitrogens with one attached hydrogen (secondary N) is 1. The van der Waals surface area contributed by atoms with Crippen molar-refractivity contribution >= 4 is 0 Å². The van der Waals surface area contributed by atoms with Crippen LogP contribution in [0.5, 0.6) is 17.2 Å². The first-order chi connectivity index (χ1) is 11.8. The molecule has 0 saturated carbocycles. The molecule has 1 unspecified atom stereocenters. The fourth-order valence-electron chi connectivity index (χ4n) is 3.21. The second kappa shape index (κ2) is 7.58. The molecule has 3 rings (SSSR count). The summed E-state index contributed by atoms with van der Waals surface area (Å²) in [5.74, 6) is 2.52. The lowest BCUT2D eigenvalue weighted by Gasteiger charge is -2.28. The molecule has 0 aliphatic carbocycles. The molecule has 1 atom stereocenters. The SMILES string of the molecule is CCOc1ccc(C2NCCc3cc(OC)c(OCC)cc32)cc1. The second-order valence-electron chi connectivity index (χ2n) is 5.77. The lowest BCUT2D eigenvalue weighted by atomic mass is 9.89. The number of benzene rings is 2. The van der Waals surface area contributed by atoms with Gasteiger partial charge in [-0.2, -0.15) is 0 Å². The number of hydrogen-bond donors (Lipinski definition) is 1. The predicted molar refractivity (Wildman–Crippen MR) is 95.3 cm³/mol. The van der Waals surface area contributed by atoms with Crippen LogP contribution >= 0.6 is 0 Å². The van der Waals surface area contributed by atoms with E-state index in [2.05, 4.69) is 29.6 Å². The highest BCUT2D eigenvalue weighted by Crippen LogP contribution is 2.37. The fourth-order valence-corrected chi connectivity index (χ4v) is 3.21. The molecule has 0 amide bonds. The predicted octanol–water partition coefficient (Wildman–Crippen LogP) is 3.73. The van der Waals surface area contributed by atoms with Gasteiger partial charge < -0.3 is 19.5 Å². The van der Waals surface area contributed by atoms with Crippen molar-refractivity contribution < 1.29 is 14.2 Å². The largest absolute Gasteiger partial charge is 0.494 e. The molecule has 0 spiro atoms. The molecule has 2 aromatic carbocycles. The maximum Gasteiger partial charge on any atom is 0.161 e. The van der Waals surface area contributed by atoms with Crippen LogP contribution in [0, 0.1) is 0 Å². The van der Waals surface area contributed by atoms with Crippen LogP contribution in [0.15, 0.2) is 36.4 Å². The van der Waals surface area contributed by atoms with Gasteiger partial charge in [-0.3, -0.25) is 0 Å². The van der Waals surface area contributed by atoms with E-state index in [0.717, 1.165) is 30.2 Å². The second-order valence-corrected chi connectivity index (χ2v) is 5.77. The first-order valence-electron chi connectivity index (χ1n) is 8.56. The van der Waals surface area contributed by atoms with Crippen molar-refractivity contribution in [3.05, 3.63) is 53.1 Å². The summed E-state index contributed by atoms with van der Waals surface area (Å²) < 4.78 is 16.8. The molecule has 1 aliphatic heterocycles. The zero-order chi connectivity index (χ0) is 16.9. The lowest BCUT2D eigenvalue weighted by Crippen LogP contribution is -2.30. The van der Waals surface area contributed by atoms with Crippen molar-refractivity contribution in [3.8, 4) is 17.2 Å². The van der Waals surface area contributed by atoms with Gasteiger partial charge in [0.25, 0.3) is 0 Å². The van der Waals surface area contributed by atoms with E-state index in [1.165, 1.54) is 16.7 Å². The Labute approximate surface area is 143 Å². The number of rotatable bonds is 6. The zero-order valence-electron chi connectivity index (χ0n) is 14.6. The van der Waals surface area contributed by atoms with E-state index in [4.69, 9.17) is 14.2 Å². The van der Waals surface area contributed by atoms with Crippen molar-refractivity contribution in [1.29, 1.82) is 0 Å². The minimum atomic E-state index is 0.162. The highest BCUT2D eigenvalue weighted by atomic mass is 16.5. The maximum absolute atomic E-state index is 5.76. The fraction of sp³-hybridized carbons (Fsp3) is 0.400. The third-order valence-corrected chi connectivity index (χ3v) is 4.30. The van der Waals surface area contributed by atoms with E-state index in [1.54, 1.807) is 7.11 Å². The molecule has 4 nitrogen and oxygen atoms in total. The van der Waals surface area contributed by atoms with Crippen molar-refractivity contribution in [3.63, 3.8) is 0 Å². The Morgan fingerprint density at radius 2 is 1.75 bits per heavy atom. The average Bonchev–Trinajstić information content (AvgIpc) is 2.62. The molecule has 0 saturated heterocycles. The Bertz CT molecular complexity index is 682. The normalized spacial score (nSPS) is 16.4. The summed E-state index contributed by atoms with van der Waals surface area (Å²) >= 11 is 0. The van der Waals surface area contributed by atoms with Gasteiger partial charge in [0.15, 0.2) is 11.5 Å².